The number of amides is 2. The van der Waals surface area contributed by atoms with Gasteiger partial charge in [-0.3, -0.25) is 14.4 Å². The fourth-order valence-electron chi connectivity index (χ4n) is 2.17. The van der Waals surface area contributed by atoms with Crippen LogP contribution in [0.4, 0.5) is 5.69 Å². The molecule has 1 atom stereocenters. The molecule has 120 valence electrons. The van der Waals surface area contributed by atoms with E-state index in [1.807, 2.05) is 20.8 Å². The molecule has 0 aromatic carbocycles. The van der Waals surface area contributed by atoms with Gasteiger partial charge in [0.25, 0.3) is 5.56 Å². The maximum Gasteiger partial charge on any atom is 0.292 e. The lowest BCUT2D eigenvalue weighted by atomic mass is 10.2. The van der Waals surface area contributed by atoms with Crippen molar-refractivity contribution in [1.82, 2.24) is 15.1 Å². The number of aromatic nitrogens is 2. The zero-order chi connectivity index (χ0) is 16.3. The van der Waals surface area contributed by atoms with Crippen LogP contribution in [0.1, 0.15) is 27.2 Å². The normalized spacial score (nSPS) is 15.4. The van der Waals surface area contributed by atoms with Crippen LogP contribution in [0.3, 0.4) is 0 Å². The van der Waals surface area contributed by atoms with Gasteiger partial charge in [0.05, 0.1) is 16.8 Å². The van der Waals surface area contributed by atoms with Crippen molar-refractivity contribution in [2.75, 3.05) is 17.2 Å². The van der Waals surface area contributed by atoms with Crippen LogP contribution in [0.2, 0.25) is 0 Å². The quantitative estimate of drug-likeness (QED) is 0.858. The van der Waals surface area contributed by atoms with E-state index >= 15 is 0 Å². The van der Waals surface area contributed by atoms with Crippen LogP contribution >= 0.6 is 11.8 Å². The number of fused-ring (bicyclic) bond motifs is 1. The molecule has 1 aliphatic heterocycles. The summed E-state index contributed by atoms with van der Waals surface area (Å²) in [5, 5.41) is 6.84. The summed E-state index contributed by atoms with van der Waals surface area (Å²) in [6.45, 7) is 5.96. The molecule has 7 nitrogen and oxygen atoms in total. The Hall–Kier alpha value is -1.83. The molecule has 0 radical (unpaired) electrons. The summed E-state index contributed by atoms with van der Waals surface area (Å²) in [6, 6.07) is 0.0464. The third-order valence-electron chi connectivity index (χ3n) is 3.54. The van der Waals surface area contributed by atoms with Crippen molar-refractivity contribution in [3.63, 3.8) is 0 Å². The van der Waals surface area contributed by atoms with Crippen LogP contribution in [0, 0.1) is 0 Å². The van der Waals surface area contributed by atoms with Crippen LogP contribution in [-0.4, -0.2) is 39.9 Å². The van der Waals surface area contributed by atoms with Gasteiger partial charge in [-0.15, -0.1) is 11.8 Å². The molecule has 1 aromatic rings. The van der Waals surface area contributed by atoms with Gasteiger partial charge in [0.2, 0.25) is 11.8 Å². The molecule has 1 aromatic heterocycles. The van der Waals surface area contributed by atoms with Crippen LogP contribution in [-0.2, 0) is 16.1 Å². The molecule has 0 saturated heterocycles. The first-order valence-corrected chi connectivity index (χ1v) is 8.29. The summed E-state index contributed by atoms with van der Waals surface area (Å²) < 4.78 is 1.11. The molecule has 2 heterocycles. The minimum absolute atomic E-state index is 0.0464. The van der Waals surface area contributed by atoms with E-state index in [2.05, 4.69) is 10.4 Å². The van der Waals surface area contributed by atoms with Crippen LogP contribution in [0.5, 0.6) is 0 Å². The SMILES string of the molecule is CCC(C)NC(=O)Cn1ncc2c(c1=O)N(CC)C(=O)CS2. The Bertz CT molecular complexity index is 643. The molecule has 0 aliphatic carbocycles. The van der Waals surface area contributed by atoms with Crippen molar-refractivity contribution < 1.29 is 9.59 Å². The fourth-order valence-corrected chi connectivity index (χ4v) is 3.06. The van der Waals surface area contributed by atoms with Crippen molar-refractivity contribution in [1.29, 1.82) is 0 Å². The number of carbonyl (C=O) groups excluding carboxylic acids is 2. The molecule has 1 N–H and O–H groups in total. The summed E-state index contributed by atoms with van der Waals surface area (Å²) in [5.74, 6) is -0.0545. The van der Waals surface area contributed by atoms with E-state index in [1.165, 1.54) is 16.7 Å². The molecule has 2 rings (SSSR count). The molecular formula is C14H20N4O3S. The van der Waals surface area contributed by atoms with E-state index in [1.54, 1.807) is 6.20 Å². The number of carbonyl (C=O) groups is 2. The predicted octanol–water partition coefficient (Wildman–Crippen LogP) is 0.617. The number of hydrogen-bond acceptors (Lipinski definition) is 5. The van der Waals surface area contributed by atoms with E-state index in [9.17, 15) is 14.4 Å². The molecule has 0 spiro atoms. The topological polar surface area (TPSA) is 84.3 Å². The first-order chi connectivity index (χ1) is 10.5. The highest BCUT2D eigenvalue weighted by molar-refractivity contribution is 8.00. The summed E-state index contributed by atoms with van der Waals surface area (Å²) in [7, 11) is 0. The van der Waals surface area contributed by atoms with E-state index in [4.69, 9.17) is 0 Å². The zero-order valence-corrected chi connectivity index (χ0v) is 13.8. The first-order valence-electron chi connectivity index (χ1n) is 7.30. The number of thioether (sulfide) groups is 1. The highest BCUT2D eigenvalue weighted by Gasteiger charge is 2.28. The van der Waals surface area contributed by atoms with E-state index in [-0.39, 0.29) is 24.4 Å². The minimum Gasteiger partial charge on any atom is -0.352 e. The van der Waals surface area contributed by atoms with Gasteiger partial charge in [0, 0.05) is 12.6 Å². The Morgan fingerprint density at radius 1 is 1.45 bits per heavy atom. The number of nitrogens with one attached hydrogen (secondary N) is 1. The van der Waals surface area contributed by atoms with Crippen molar-refractivity contribution in [3.8, 4) is 0 Å². The number of rotatable bonds is 5. The molecule has 8 heteroatoms. The molecule has 1 aliphatic rings. The molecule has 0 bridgehead atoms. The molecule has 0 fully saturated rings. The van der Waals surface area contributed by atoms with Crippen molar-refractivity contribution >= 4 is 29.3 Å². The second kappa shape index (κ2) is 6.95. The molecule has 0 saturated carbocycles. The highest BCUT2D eigenvalue weighted by atomic mass is 32.2. The van der Waals surface area contributed by atoms with E-state index in [0.29, 0.717) is 22.9 Å². The van der Waals surface area contributed by atoms with Gasteiger partial charge < -0.3 is 10.2 Å². The van der Waals surface area contributed by atoms with E-state index < -0.39 is 5.56 Å². The summed E-state index contributed by atoms with van der Waals surface area (Å²) in [6.07, 6.45) is 2.36. The summed E-state index contributed by atoms with van der Waals surface area (Å²) in [5.41, 5.74) is -0.0747. The lowest BCUT2D eigenvalue weighted by Gasteiger charge is -2.27. The Balaban J connectivity index is 2.29. The average Bonchev–Trinajstić information content (AvgIpc) is 2.50. The van der Waals surface area contributed by atoms with Crippen molar-refractivity contribution in [3.05, 3.63) is 16.6 Å². The minimum atomic E-state index is -0.404. The van der Waals surface area contributed by atoms with Crippen molar-refractivity contribution in [2.45, 2.75) is 44.7 Å². The van der Waals surface area contributed by atoms with Gasteiger partial charge in [-0.1, -0.05) is 6.92 Å². The van der Waals surface area contributed by atoms with Crippen LogP contribution < -0.4 is 15.8 Å². The monoisotopic (exact) mass is 324 g/mol. The maximum absolute atomic E-state index is 12.5. The number of nitrogens with zero attached hydrogens (tertiary/aromatic N) is 3. The van der Waals surface area contributed by atoms with Gasteiger partial charge >= 0.3 is 0 Å². The van der Waals surface area contributed by atoms with E-state index in [0.717, 1.165) is 11.1 Å². The smallest absolute Gasteiger partial charge is 0.292 e. The highest BCUT2D eigenvalue weighted by Crippen LogP contribution is 2.31. The number of hydrogen-bond donors (Lipinski definition) is 1. The third-order valence-corrected chi connectivity index (χ3v) is 4.54. The molecule has 1 unspecified atom stereocenters. The average molecular weight is 324 g/mol. The Kier molecular flexibility index (Phi) is 5.23. The predicted molar refractivity (Wildman–Crippen MR) is 85.1 cm³/mol. The Morgan fingerprint density at radius 3 is 2.82 bits per heavy atom. The maximum atomic E-state index is 12.5. The van der Waals surface area contributed by atoms with Gasteiger partial charge in [-0.25, -0.2) is 4.68 Å². The Labute approximate surface area is 133 Å². The lowest BCUT2D eigenvalue weighted by molar-refractivity contribution is -0.122. The Morgan fingerprint density at radius 2 is 2.18 bits per heavy atom. The van der Waals surface area contributed by atoms with Gasteiger partial charge in [0.1, 0.15) is 12.2 Å². The second-order valence-corrected chi connectivity index (χ2v) is 6.14. The summed E-state index contributed by atoms with van der Waals surface area (Å²) in [4.78, 5) is 38.5. The largest absolute Gasteiger partial charge is 0.352 e. The van der Waals surface area contributed by atoms with Crippen LogP contribution in [0.25, 0.3) is 0 Å². The third kappa shape index (κ3) is 3.32. The summed E-state index contributed by atoms with van der Waals surface area (Å²) >= 11 is 1.30. The number of anilines is 1. The van der Waals surface area contributed by atoms with Gasteiger partial charge in [-0.2, -0.15) is 5.10 Å². The van der Waals surface area contributed by atoms with Crippen molar-refractivity contribution in [2.24, 2.45) is 0 Å². The lowest BCUT2D eigenvalue weighted by Crippen LogP contribution is -2.43. The molecule has 2 amide bonds. The van der Waals surface area contributed by atoms with Gasteiger partial charge in [-0.05, 0) is 20.3 Å². The second-order valence-electron chi connectivity index (χ2n) is 5.12. The fraction of sp³-hybridized carbons (Fsp3) is 0.571. The first kappa shape index (κ1) is 16.5. The zero-order valence-electron chi connectivity index (χ0n) is 13.0. The van der Waals surface area contributed by atoms with Crippen LogP contribution in [0.15, 0.2) is 15.9 Å². The van der Waals surface area contributed by atoms with Gasteiger partial charge in [0.15, 0.2) is 0 Å². The molecule has 22 heavy (non-hydrogen) atoms. The molecular weight excluding hydrogens is 304 g/mol. The standard InChI is InChI=1S/C14H20N4O3S/c1-4-9(3)16-11(19)7-18-14(21)13-10(6-15-18)22-8-12(20)17(13)5-2/h6,9H,4-5,7-8H2,1-3H3,(H,16,19).